The molecule has 6 heteroatoms. The average Bonchev–Trinajstić information content (AvgIpc) is 3.23. The van der Waals surface area contributed by atoms with Crippen LogP contribution in [0.1, 0.15) is 239 Å². The van der Waals surface area contributed by atoms with Crippen LogP contribution in [0.5, 0.6) is 0 Å². The van der Waals surface area contributed by atoms with Crippen LogP contribution < -0.4 is 0 Å². The molecule has 0 spiro atoms. The van der Waals surface area contributed by atoms with Gasteiger partial charge in [-0.2, -0.15) is 0 Å². The molecule has 0 heterocycles. The van der Waals surface area contributed by atoms with Gasteiger partial charge in [0.2, 0.25) is 0 Å². The maximum absolute atomic E-state index is 12.7. The molecule has 340 valence electrons. The van der Waals surface area contributed by atoms with Crippen LogP contribution in [-0.4, -0.2) is 37.2 Å². The van der Waals surface area contributed by atoms with Crippen molar-refractivity contribution in [2.24, 2.45) is 0 Å². The summed E-state index contributed by atoms with van der Waals surface area (Å²) in [5, 5.41) is 0. The van der Waals surface area contributed by atoms with Gasteiger partial charge in [0.25, 0.3) is 0 Å². The van der Waals surface area contributed by atoms with Gasteiger partial charge in [-0.15, -0.1) is 0 Å². The Bertz CT molecular complexity index is 1090. The Labute approximate surface area is 364 Å². The third-order valence-electron chi connectivity index (χ3n) is 10.5. The smallest absolute Gasteiger partial charge is 0.306 e. The van der Waals surface area contributed by atoms with Crippen molar-refractivity contribution < 1.29 is 28.6 Å². The zero-order chi connectivity index (χ0) is 43.0. The molecular formula is C53H92O6. The maximum atomic E-state index is 12.7. The van der Waals surface area contributed by atoms with Crippen molar-refractivity contribution in [3.8, 4) is 0 Å². The Morgan fingerprint density at radius 3 is 1.08 bits per heavy atom. The lowest BCUT2D eigenvalue weighted by atomic mass is 10.0. The molecule has 0 saturated carbocycles. The monoisotopic (exact) mass is 825 g/mol. The molecule has 0 amide bonds. The number of esters is 3. The summed E-state index contributed by atoms with van der Waals surface area (Å²) in [5.41, 5.74) is 0. The van der Waals surface area contributed by atoms with Crippen LogP contribution in [0.4, 0.5) is 0 Å². The van der Waals surface area contributed by atoms with E-state index in [0.29, 0.717) is 19.3 Å². The van der Waals surface area contributed by atoms with Crippen LogP contribution in [0, 0.1) is 0 Å². The zero-order valence-electron chi connectivity index (χ0n) is 38.8. The standard InChI is InChI=1S/C53H92O6/c1-4-7-10-13-16-19-22-25-26-29-31-34-37-40-43-46-52(55)58-49-50(59-53(56)47-44-41-38-35-32-28-24-21-18-15-12-9-6-3)48-57-51(54)45-42-39-36-33-30-27-23-20-17-14-11-8-5-2/h9,12,16,18-19,21,25-26,28,32,50H,4-8,10-11,13-15,17,20,22-24,27,29-31,33-49H2,1-3H3/b12-9-,19-16-,21-18-,26-25-,32-28-. The summed E-state index contributed by atoms with van der Waals surface area (Å²) in [4.78, 5) is 37.9. The van der Waals surface area contributed by atoms with E-state index in [4.69, 9.17) is 14.2 Å². The van der Waals surface area contributed by atoms with Crippen LogP contribution in [0.2, 0.25) is 0 Å². The maximum Gasteiger partial charge on any atom is 0.306 e. The summed E-state index contributed by atoms with van der Waals surface area (Å²) in [7, 11) is 0. The molecular weight excluding hydrogens is 733 g/mol. The number of hydrogen-bond acceptors (Lipinski definition) is 6. The molecule has 0 aromatic heterocycles. The molecule has 0 aromatic carbocycles. The van der Waals surface area contributed by atoms with Crippen LogP contribution in [0.15, 0.2) is 60.8 Å². The Morgan fingerprint density at radius 2 is 0.661 bits per heavy atom. The van der Waals surface area contributed by atoms with E-state index >= 15 is 0 Å². The van der Waals surface area contributed by atoms with E-state index in [-0.39, 0.29) is 31.1 Å². The first kappa shape index (κ1) is 56.1. The molecule has 1 atom stereocenters. The SMILES string of the molecule is CC/C=C\C/C=C\C/C=C\CCCCCC(=O)OC(COC(=O)CCCCCCC/C=C\C/C=C\CCCCC)COC(=O)CCCCCCCCCCCCCCC. The Balaban J connectivity index is 4.43. The van der Waals surface area contributed by atoms with Gasteiger partial charge < -0.3 is 14.2 Å². The summed E-state index contributed by atoms with van der Waals surface area (Å²) >= 11 is 0. The Morgan fingerprint density at radius 1 is 0.356 bits per heavy atom. The second-order valence-corrected chi connectivity index (χ2v) is 16.3. The topological polar surface area (TPSA) is 78.9 Å². The van der Waals surface area contributed by atoms with Crippen molar-refractivity contribution in [1.29, 1.82) is 0 Å². The van der Waals surface area contributed by atoms with E-state index < -0.39 is 6.10 Å². The van der Waals surface area contributed by atoms with Gasteiger partial charge in [0.15, 0.2) is 6.10 Å². The number of ether oxygens (including phenoxy) is 3. The van der Waals surface area contributed by atoms with Crippen molar-refractivity contribution >= 4 is 17.9 Å². The molecule has 0 aliphatic carbocycles. The van der Waals surface area contributed by atoms with Crippen molar-refractivity contribution in [2.45, 2.75) is 245 Å². The van der Waals surface area contributed by atoms with E-state index in [2.05, 4.69) is 81.5 Å². The van der Waals surface area contributed by atoms with Crippen molar-refractivity contribution in [3.63, 3.8) is 0 Å². The first-order valence-electron chi connectivity index (χ1n) is 24.8. The van der Waals surface area contributed by atoms with Gasteiger partial charge in [0.1, 0.15) is 13.2 Å². The van der Waals surface area contributed by atoms with Crippen molar-refractivity contribution in [2.75, 3.05) is 13.2 Å². The molecule has 0 saturated heterocycles. The van der Waals surface area contributed by atoms with Crippen LogP contribution in [0.25, 0.3) is 0 Å². The first-order chi connectivity index (χ1) is 29.0. The number of carbonyl (C=O) groups is 3. The fourth-order valence-corrected chi connectivity index (χ4v) is 6.78. The number of unbranched alkanes of at least 4 members (excludes halogenated alkanes) is 23. The van der Waals surface area contributed by atoms with Gasteiger partial charge in [-0.25, -0.2) is 0 Å². The van der Waals surface area contributed by atoms with E-state index in [1.807, 2.05) is 0 Å². The van der Waals surface area contributed by atoms with Crippen LogP contribution >= 0.6 is 0 Å². The molecule has 0 aliphatic heterocycles. The van der Waals surface area contributed by atoms with E-state index in [1.54, 1.807) is 0 Å². The third-order valence-corrected chi connectivity index (χ3v) is 10.5. The van der Waals surface area contributed by atoms with Crippen molar-refractivity contribution in [1.82, 2.24) is 0 Å². The first-order valence-corrected chi connectivity index (χ1v) is 24.8. The van der Waals surface area contributed by atoms with Gasteiger partial charge in [0, 0.05) is 19.3 Å². The molecule has 0 rings (SSSR count). The summed E-state index contributed by atoms with van der Waals surface area (Å²) in [6, 6.07) is 0. The third kappa shape index (κ3) is 46.0. The molecule has 0 bridgehead atoms. The normalized spacial score (nSPS) is 12.5. The van der Waals surface area contributed by atoms with Gasteiger partial charge >= 0.3 is 17.9 Å². The van der Waals surface area contributed by atoms with E-state index in [1.165, 1.54) is 96.3 Å². The van der Waals surface area contributed by atoms with E-state index in [0.717, 1.165) is 103 Å². The lowest BCUT2D eigenvalue weighted by molar-refractivity contribution is -0.167. The van der Waals surface area contributed by atoms with E-state index in [9.17, 15) is 14.4 Å². The summed E-state index contributed by atoms with van der Waals surface area (Å²) < 4.78 is 16.7. The summed E-state index contributed by atoms with van der Waals surface area (Å²) in [6.45, 7) is 6.46. The lowest BCUT2D eigenvalue weighted by Crippen LogP contribution is -2.30. The molecule has 1 unspecified atom stereocenters. The molecule has 59 heavy (non-hydrogen) atoms. The lowest BCUT2D eigenvalue weighted by Gasteiger charge is -2.18. The Kier molecular flexibility index (Phi) is 45.4. The molecule has 0 radical (unpaired) electrons. The second kappa shape index (κ2) is 47.8. The van der Waals surface area contributed by atoms with Crippen LogP contribution in [0.3, 0.4) is 0 Å². The Hall–Kier alpha value is -2.89. The minimum atomic E-state index is -0.792. The minimum absolute atomic E-state index is 0.0892. The molecule has 0 fully saturated rings. The number of allylic oxidation sites excluding steroid dienone is 10. The highest BCUT2D eigenvalue weighted by atomic mass is 16.6. The van der Waals surface area contributed by atoms with Gasteiger partial charge in [0.05, 0.1) is 0 Å². The van der Waals surface area contributed by atoms with Gasteiger partial charge in [-0.05, 0) is 83.5 Å². The molecule has 0 aromatic rings. The predicted molar refractivity (Wildman–Crippen MR) is 251 cm³/mol. The highest BCUT2D eigenvalue weighted by molar-refractivity contribution is 5.71. The zero-order valence-corrected chi connectivity index (χ0v) is 38.8. The molecule has 0 aliphatic rings. The highest BCUT2D eigenvalue weighted by Gasteiger charge is 2.19. The van der Waals surface area contributed by atoms with Gasteiger partial charge in [-0.1, -0.05) is 197 Å². The van der Waals surface area contributed by atoms with Crippen LogP contribution in [-0.2, 0) is 28.6 Å². The fourth-order valence-electron chi connectivity index (χ4n) is 6.78. The molecule has 6 nitrogen and oxygen atoms in total. The number of rotatable bonds is 44. The minimum Gasteiger partial charge on any atom is -0.462 e. The predicted octanol–water partition coefficient (Wildman–Crippen LogP) is 16.1. The van der Waals surface area contributed by atoms with Crippen molar-refractivity contribution in [3.05, 3.63) is 60.8 Å². The summed E-state index contributed by atoms with van der Waals surface area (Å²) in [6.07, 6.45) is 57.7. The largest absolute Gasteiger partial charge is 0.462 e. The number of carbonyl (C=O) groups excluding carboxylic acids is 3. The number of hydrogen-bond donors (Lipinski definition) is 0. The summed E-state index contributed by atoms with van der Waals surface area (Å²) in [5.74, 6) is -0.931. The fraction of sp³-hybridized carbons (Fsp3) is 0.755. The second-order valence-electron chi connectivity index (χ2n) is 16.3. The quantitative estimate of drug-likeness (QED) is 0.0263. The highest BCUT2D eigenvalue weighted by Crippen LogP contribution is 2.14. The average molecular weight is 825 g/mol. The molecule has 0 N–H and O–H groups in total. The van der Waals surface area contributed by atoms with Gasteiger partial charge in [-0.3, -0.25) is 14.4 Å².